The van der Waals surface area contributed by atoms with Crippen LogP contribution in [0.3, 0.4) is 0 Å². The van der Waals surface area contributed by atoms with Crippen molar-refractivity contribution in [3.63, 3.8) is 0 Å². The van der Waals surface area contributed by atoms with Gasteiger partial charge in [0.15, 0.2) is 0 Å². The van der Waals surface area contributed by atoms with Crippen molar-refractivity contribution in [1.82, 2.24) is 4.98 Å². The van der Waals surface area contributed by atoms with Crippen LogP contribution in [0.2, 0.25) is 0 Å². The van der Waals surface area contributed by atoms with Gasteiger partial charge in [0.05, 0.1) is 5.69 Å². The zero-order valence-corrected chi connectivity index (χ0v) is 13.5. The number of anilines is 1. The summed E-state index contributed by atoms with van der Waals surface area (Å²) in [5.41, 5.74) is 9.53. The van der Waals surface area contributed by atoms with E-state index in [1.54, 1.807) is 0 Å². The zero-order chi connectivity index (χ0) is 14.5. The molecule has 0 fully saturated rings. The molecule has 0 aliphatic rings. The van der Waals surface area contributed by atoms with Crippen LogP contribution in [0.15, 0.2) is 47.2 Å². The number of aromatic nitrogens is 1. The highest BCUT2D eigenvalue weighted by Crippen LogP contribution is 2.28. The van der Waals surface area contributed by atoms with Gasteiger partial charge in [-0.3, -0.25) is 4.98 Å². The van der Waals surface area contributed by atoms with Gasteiger partial charge in [-0.1, -0.05) is 6.07 Å². The number of nitrogens with zero attached hydrogens (tertiary/aromatic N) is 2. The number of nitrogens with two attached hydrogens (primary N) is 1. The first-order chi connectivity index (χ1) is 9.58. The number of hydrogen-bond acceptors (Lipinski definition) is 3. The van der Waals surface area contributed by atoms with Crippen molar-refractivity contribution in [3.8, 4) is 0 Å². The van der Waals surface area contributed by atoms with E-state index >= 15 is 0 Å². The van der Waals surface area contributed by atoms with Gasteiger partial charge in [0, 0.05) is 36.5 Å². The summed E-state index contributed by atoms with van der Waals surface area (Å²) in [5.74, 6) is 0. The number of rotatable bonds is 5. The molecule has 0 bridgehead atoms. The summed E-state index contributed by atoms with van der Waals surface area (Å²) in [6.45, 7) is 2.95. The third-order valence-electron chi connectivity index (χ3n) is 3.39. The summed E-state index contributed by atoms with van der Waals surface area (Å²) in [6.07, 6.45) is 4.67. The molecule has 4 heteroatoms. The van der Waals surface area contributed by atoms with Crippen LogP contribution in [0, 0.1) is 0 Å². The normalized spacial score (nSPS) is 12.2. The van der Waals surface area contributed by atoms with Crippen LogP contribution in [-0.4, -0.2) is 18.6 Å². The largest absolute Gasteiger partial charge is 0.373 e. The quantitative estimate of drug-likeness (QED) is 0.909. The van der Waals surface area contributed by atoms with Crippen LogP contribution in [-0.2, 0) is 6.42 Å². The van der Waals surface area contributed by atoms with E-state index in [2.05, 4.69) is 63.2 Å². The minimum atomic E-state index is 0.0578. The molecule has 20 heavy (non-hydrogen) atoms. The Morgan fingerprint density at radius 3 is 2.55 bits per heavy atom. The van der Waals surface area contributed by atoms with Gasteiger partial charge in [-0.2, -0.15) is 0 Å². The van der Waals surface area contributed by atoms with E-state index in [0.717, 1.165) is 23.0 Å². The topological polar surface area (TPSA) is 42.1 Å². The summed E-state index contributed by atoms with van der Waals surface area (Å²) in [6, 6.07) is 10.5. The fourth-order valence-corrected chi connectivity index (χ4v) is 2.78. The van der Waals surface area contributed by atoms with Crippen molar-refractivity contribution >= 4 is 21.6 Å². The molecule has 0 radical (unpaired) electrons. The molecule has 106 valence electrons. The third-order valence-corrected chi connectivity index (χ3v) is 4.03. The molecule has 1 heterocycles. The van der Waals surface area contributed by atoms with Crippen LogP contribution in [0.1, 0.15) is 24.1 Å². The van der Waals surface area contributed by atoms with Gasteiger partial charge in [0.1, 0.15) is 0 Å². The Kier molecular flexibility index (Phi) is 5.15. The summed E-state index contributed by atoms with van der Waals surface area (Å²) >= 11 is 3.64. The van der Waals surface area contributed by atoms with Gasteiger partial charge in [0.2, 0.25) is 0 Å². The van der Waals surface area contributed by atoms with E-state index in [1.165, 1.54) is 11.3 Å². The molecular weight excluding hydrogens is 314 g/mol. The van der Waals surface area contributed by atoms with Gasteiger partial charge in [-0.25, -0.2) is 0 Å². The summed E-state index contributed by atoms with van der Waals surface area (Å²) in [7, 11) is 2.10. The van der Waals surface area contributed by atoms with E-state index in [9.17, 15) is 0 Å². The molecule has 0 aliphatic heterocycles. The van der Waals surface area contributed by atoms with Crippen molar-refractivity contribution in [2.24, 2.45) is 5.73 Å². The van der Waals surface area contributed by atoms with Crippen LogP contribution >= 0.6 is 15.9 Å². The number of halogens is 1. The first-order valence-corrected chi connectivity index (χ1v) is 7.52. The predicted molar refractivity (Wildman–Crippen MR) is 88.0 cm³/mol. The number of hydrogen-bond donors (Lipinski definition) is 1. The van der Waals surface area contributed by atoms with Crippen LogP contribution in [0.5, 0.6) is 0 Å². The van der Waals surface area contributed by atoms with Crippen molar-refractivity contribution in [2.75, 3.05) is 18.5 Å². The molecule has 1 aromatic heterocycles. The summed E-state index contributed by atoms with van der Waals surface area (Å²) in [4.78, 5) is 6.28. The Morgan fingerprint density at radius 1 is 1.25 bits per heavy atom. The average molecular weight is 334 g/mol. The fraction of sp³-hybridized carbons (Fsp3) is 0.312. The van der Waals surface area contributed by atoms with Crippen molar-refractivity contribution in [3.05, 3.63) is 58.3 Å². The van der Waals surface area contributed by atoms with E-state index in [-0.39, 0.29) is 6.04 Å². The van der Waals surface area contributed by atoms with E-state index in [1.807, 2.05) is 19.3 Å². The molecule has 2 rings (SSSR count). The Bertz CT molecular complexity index is 555. The average Bonchev–Trinajstić information content (AvgIpc) is 2.45. The van der Waals surface area contributed by atoms with E-state index in [4.69, 9.17) is 5.73 Å². The fourth-order valence-electron chi connectivity index (χ4n) is 2.08. The molecule has 2 aromatic rings. The first kappa shape index (κ1) is 15.0. The molecule has 0 saturated heterocycles. The van der Waals surface area contributed by atoms with Gasteiger partial charge < -0.3 is 10.6 Å². The molecule has 1 atom stereocenters. The monoisotopic (exact) mass is 333 g/mol. The minimum Gasteiger partial charge on any atom is -0.373 e. The van der Waals surface area contributed by atoms with Crippen LogP contribution < -0.4 is 10.6 Å². The maximum atomic E-state index is 5.90. The molecule has 0 aliphatic carbocycles. The number of benzene rings is 1. The highest BCUT2D eigenvalue weighted by molar-refractivity contribution is 9.10. The van der Waals surface area contributed by atoms with Gasteiger partial charge in [-0.05, 0) is 64.7 Å². The van der Waals surface area contributed by atoms with E-state index in [0.29, 0.717) is 0 Å². The van der Waals surface area contributed by atoms with Crippen LogP contribution in [0.4, 0.5) is 5.69 Å². The SMILES string of the molecule is C[C@H](N)c1ccc(N(C)CCc2ccncc2)c(Br)c1. The number of pyridine rings is 1. The van der Waals surface area contributed by atoms with Crippen molar-refractivity contribution in [2.45, 2.75) is 19.4 Å². The smallest absolute Gasteiger partial charge is 0.0508 e. The van der Waals surface area contributed by atoms with Crippen LogP contribution in [0.25, 0.3) is 0 Å². The maximum Gasteiger partial charge on any atom is 0.0508 e. The lowest BCUT2D eigenvalue weighted by atomic mass is 10.1. The van der Waals surface area contributed by atoms with E-state index < -0.39 is 0 Å². The third kappa shape index (κ3) is 3.81. The lowest BCUT2D eigenvalue weighted by Gasteiger charge is -2.21. The standard InChI is InChI=1S/C16H20BrN3/c1-12(18)14-3-4-16(15(17)11-14)20(2)10-7-13-5-8-19-9-6-13/h3-6,8-9,11-12H,7,10,18H2,1-2H3/t12-/m0/s1. The second kappa shape index (κ2) is 6.86. The molecule has 0 spiro atoms. The van der Waals surface area contributed by atoms with Gasteiger partial charge >= 0.3 is 0 Å². The first-order valence-electron chi connectivity index (χ1n) is 6.73. The Hall–Kier alpha value is -1.39. The zero-order valence-electron chi connectivity index (χ0n) is 11.9. The van der Waals surface area contributed by atoms with Gasteiger partial charge in [0.25, 0.3) is 0 Å². The second-order valence-corrected chi connectivity index (χ2v) is 5.88. The highest BCUT2D eigenvalue weighted by atomic mass is 79.9. The molecule has 3 nitrogen and oxygen atoms in total. The molecule has 0 amide bonds. The predicted octanol–water partition coefficient (Wildman–Crippen LogP) is 3.54. The maximum absolute atomic E-state index is 5.90. The minimum absolute atomic E-state index is 0.0578. The highest BCUT2D eigenvalue weighted by Gasteiger charge is 2.08. The summed E-state index contributed by atoms with van der Waals surface area (Å²) < 4.78 is 1.09. The Balaban J connectivity index is 2.04. The Morgan fingerprint density at radius 2 is 1.95 bits per heavy atom. The number of likely N-dealkylation sites (N-methyl/N-ethyl adjacent to an activating group) is 1. The summed E-state index contributed by atoms with van der Waals surface area (Å²) in [5, 5.41) is 0. The second-order valence-electron chi connectivity index (χ2n) is 5.03. The molecule has 0 unspecified atom stereocenters. The molecule has 2 N–H and O–H groups in total. The van der Waals surface area contributed by atoms with Crippen molar-refractivity contribution in [1.29, 1.82) is 0 Å². The molecule has 1 aromatic carbocycles. The van der Waals surface area contributed by atoms with Crippen molar-refractivity contribution < 1.29 is 0 Å². The van der Waals surface area contributed by atoms with Gasteiger partial charge in [-0.15, -0.1) is 0 Å². The molecular formula is C16H20BrN3. The molecule has 0 saturated carbocycles. The lowest BCUT2D eigenvalue weighted by Crippen LogP contribution is -2.21. The Labute approximate surface area is 129 Å². The lowest BCUT2D eigenvalue weighted by molar-refractivity contribution is 0.815.